The molecule has 6 heteroatoms. The van der Waals surface area contributed by atoms with E-state index in [0.29, 0.717) is 12.5 Å². The van der Waals surface area contributed by atoms with Gasteiger partial charge in [0.15, 0.2) is 5.96 Å². The minimum Gasteiger partial charge on any atom is -0.396 e. The maximum absolute atomic E-state index is 9.19. The highest BCUT2D eigenvalue weighted by Crippen LogP contribution is 2.30. The van der Waals surface area contributed by atoms with Gasteiger partial charge in [-0.2, -0.15) is 0 Å². The second kappa shape index (κ2) is 11.6. The Morgan fingerprint density at radius 2 is 2.09 bits per heavy atom. The number of aliphatic imine (C=N–C) groups is 1. The van der Waals surface area contributed by atoms with Gasteiger partial charge < -0.3 is 16.2 Å². The fourth-order valence-corrected chi connectivity index (χ4v) is 2.32. The van der Waals surface area contributed by atoms with Crippen LogP contribution in [-0.4, -0.2) is 35.7 Å². The van der Waals surface area contributed by atoms with Crippen LogP contribution in [0, 0.1) is 5.41 Å². The van der Waals surface area contributed by atoms with Crippen LogP contribution in [-0.2, 0) is 6.42 Å². The van der Waals surface area contributed by atoms with Gasteiger partial charge in [0.1, 0.15) is 0 Å². The molecule has 22 heavy (non-hydrogen) atoms. The molecule has 5 nitrogen and oxygen atoms in total. The Balaban J connectivity index is 0.00000441. The molecule has 0 amide bonds. The average molecular weight is 420 g/mol. The first-order valence-electron chi connectivity index (χ1n) is 7.70. The monoisotopic (exact) mass is 420 g/mol. The molecule has 0 aromatic carbocycles. The molecule has 4 N–H and O–H groups in total. The number of hydrogen-bond acceptors (Lipinski definition) is 3. The summed E-state index contributed by atoms with van der Waals surface area (Å²) in [6, 6.07) is 5.88. The van der Waals surface area contributed by atoms with Crippen molar-refractivity contribution in [3.05, 3.63) is 30.1 Å². The molecule has 126 valence electrons. The van der Waals surface area contributed by atoms with Crippen LogP contribution in [0.25, 0.3) is 0 Å². The molecule has 0 spiro atoms. The fraction of sp³-hybridized carbons (Fsp3) is 0.625. The molecule has 0 atom stereocenters. The van der Waals surface area contributed by atoms with Crippen LogP contribution >= 0.6 is 24.0 Å². The van der Waals surface area contributed by atoms with Crippen LogP contribution in [0.4, 0.5) is 0 Å². The average Bonchev–Trinajstić information content (AvgIpc) is 2.52. The Labute approximate surface area is 150 Å². The normalized spacial score (nSPS) is 11.9. The lowest BCUT2D eigenvalue weighted by molar-refractivity contribution is 0.175. The van der Waals surface area contributed by atoms with Crippen molar-refractivity contribution in [2.24, 2.45) is 16.1 Å². The van der Waals surface area contributed by atoms with E-state index in [1.54, 1.807) is 6.20 Å². The van der Waals surface area contributed by atoms with Gasteiger partial charge in [-0.05, 0) is 36.8 Å². The summed E-state index contributed by atoms with van der Waals surface area (Å²) in [7, 11) is 0. The van der Waals surface area contributed by atoms with Crippen molar-refractivity contribution in [3.63, 3.8) is 0 Å². The van der Waals surface area contributed by atoms with Crippen molar-refractivity contribution in [1.82, 2.24) is 10.3 Å². The number of nitrogens with two attached hydrogens (primary N) is 1. The van der Waals surface area contributed by atoms with Gasteiger partial charge >= 0.3 is 0 Å². The third kappa shape index (κ3) is 7.40. The molecule has 1 aromatic heterocycles. The second-order valence-corrected chi connectivity index (χ2v) is 5.38. The van der Waals surface area contributed by atoms with Gasteiger partial charge in [-0.15, -0.1) is 24.0 Å². The Kier molecular flexibility index (Phi) is 11.2. The Morgan fingerprint density at radius 1 is 1.36 bits per heavy atom. The Morgan fingerprint density at radius 3 is 2.64 bits per heavy atom. The molecule has 0 unspecified atom stereocenters. The molecule has 0 fully saturated rings. The standard InChI is InChI=1S/C16H28N4O.HI/c1-3-16(4-2,9-12-21)13-20-15(17)19-11-8-14-7-5-6-10-18-14;/h5-7,10,21H,3-4,8-9,11-13H2,1-2H3,(H3,17,19,20);1H. The van der Waals surface area contributed by atoms with E-state index in [9.17, 15) is 5.11 Å². The number of guanidine groups is 1. The SMILES string of the molecule is CCC(CC)(CCO)CN=C(N)NCCc1ccccn1.I. The summed E-state index contributed by atoms with van der Waals surface area (Å²) < 4.78 is 0. The second-order valence-electron chi connectivity index (χ2n) is 5.38. The van der Waals surface area contributed by atoms with Gasteiger partial charge in [-0.25, -0.2) is 0 Å². The van der Waals surface area contributed by atoms with Crippen molar-refractivity contribution in [3.8, 4) is 0 Å². The summed E-state index contributed by atoms with van der Waals surface area (Å²) >= 11 is 0. The van der Waals surface area contributed by atoms with Crippen LogP contribution in [0.2, 0.25) is 0 Å². The van der Waals surface area contributed by atoms with E-state index in [1.165, 1.54) is 0 Å². The zero-order valence-electron chi connectivity index (χ0n) is 13.6. The molecule has 0 saturated carbocycles. The zero-order chi connectivity index (χ0) is 15.6. The molecule has 0 aliphatic rings. The van der Waals surface area contributed by atoms with E-state index >= 15 is 0 Å². The molecular formula is C16H29IN4O. The van der Waals surface area contributed by atoms with E-state index in [1.807, 2.05) is 18.2 Å². The van der Waals surface area contributed by atoms with Gasteiger partial charge in [-0.3, -0.25) is 9.98 Å². The molecule has 0 aliphatic carbocycles. The first kappa shape index (κ1) is 21.1. The molecule has 0 bridgehead atoms. The van der Waals surface area contributed by atoms with E-state index in [0.717, 1.165) is 37.9 Å². The highest BCUT2D eigenvalue weighted by atomic mass is 127. The third-order valence-electron chi connectivity index (χ3n) is 4.14. The molecular weight excluding hydrogens is 391 g/mol. The number of aliphatic hydroxyl groups is 1. The van der Waals surface area contributed by atoms with Crippen LogP contribution in [0.5, 0.6) is 0 Å². The number of aliphatic hydroxyl groups excluding tert-OH is 1. The van der Waals surface area contributed by atoms with Crippen molar-refractivity contribution >= 4 is 29.9 Å². The maximum atomic E-state index is 9.19. The molecule has 1 aromatic rings. The fourth-order valence-electron chi connectivity index (χ4n) is 2.32. The summed E-state index contributed by atoms with van der Waals surface area (Å²) in [6.45, 7) is 5.85. The van der Waals surface area contributed by atoms with Crippen molar-refractivity contribution in [1.29, 1.82) is 0 Å². The Bertz CT molecular complexity index is 421. The predicted octanol–water partition coefficient (Wildman–Crippen LogP) is 2.34. The highest BCUT2D eigenvalue weighted by Gasteiger charge is 2.25. The van der Waals surface area contributed by atoms with Crippen LogP contribution in [0.1, 0.15) is 38.8 Å². The van der Waals surface area contributed by atoms with Crippen LogP contribution in [0.15, 0.2) is 29.4 Å². The molecule has 0 saturated heterocycles. The van der Waals surface area contributed by atoms with Crippen molar-refractivity contribution in [2.45, 2.75) is 39.5 Å². The molecule has 0 aliphatic heterocycles. The van der Waals surface area contributed by atoms with Gasteiger partial charge in [0.05, 0.1) is 0 Å². The lowest BCUT2D eigenvalue weighted by Crippen LogP contribution is -2.35. The number of nitrogens with zero attached hydrogens (tertiary/aromatic N) is 2. The quantitative estimate of drug-likeness (QED) is 0.325. The number of aromatic nitrogens is 1. The number of hydrogen-bond donors (Lipinski definition) is 3. The first-order chi connectivity index (χ1) is 10.2. The predicted molar refractivity (Wildman–Crippen MR) is 103 cm³/mol. The lowest BCUT2D eigenvalue weighted by atomic mass is 9.79. The minimum absolute atomic E-state index is 0. The maximum Gasteiger partial charge on any atom is 0.188 e. The number of halogens is 1. The topological polar surface area (TPSA) is 83.5 Å². The smallest absolute Gasteiger partial charge is 0.188 e. The largest absolute Gasteiger partial charge is 0.396 e. The van der Waals surface area contributed by atoms with Crippen LogP contribution in [0.3, 0.4) is 0 Å². The minimum atomic E-state index is 0. The summed E-state index contributed by atoms with van der Waals surface area (Å²) in [6.07, 6.45) is 5.37. The third-order valence-corrected chi connectivity index (χ3v) is 4.14. The highest BCUT2D eigenvalue weighted by molar-refractivity contribution is 14.0. The number of nitrogens with one attached hydrogen (secondary N) is 1. The van der Waals surface area contributed by atoms with Crippen LogP contribution < -0.4 is 11.1 Å². The Hall–Kier alpha value is -0.890. The van der Waals surface area contributed by atoms with Gasteiger partial charge in [0.25, 0.3) is 0 Å². The van der Waals surface area contributed by atoms with E-state index in [-0.39, 0.29) is 36.0 Å². The van der Waals surface area contributed by atoms with E-state index in [4.69, 9.17) is 5.73 Å². The summed E-state index contributed by atoms with van der Waals surface area (Å²) in [5, 5.41) is 12.3. The summed E-state index contributed by atoms with van der Waals surface area (Å²) in [5.41, 5.74) is 7.00. The van der Waals surface area contributed by atoms with Gasteiger partial charge in [-0.1, -0.05) is 19.9 Å². The number of pyridine rings is 1. The number of rotatable bonds is 9. The van der Waals surface area contributed by atoms with Gasteiger partial charge in [0.2, 0.25) is 0 Å². The van der Waals surface area contributed by atoms with Gasteiger partial charge in [0, 0.05) is 38.0 Å². The van der Waals surface area contributed by atoms with Crippen molar-refractivity contribution < 1.29 is 5.11 Å². The zero-order valence-corrected chi connectivity index (χ0v) is 15.9. The van der Waals surface area contributed by atoms with Crippen molar-refractivity contribution in [2.75, 3.05) is 19.7 Å². The summed E-state index contributed by atoms with van der Waals surface area (Å²) in [5.74, 6) is 0.468. The molecule has 1 rings (SSSR count). The lowest BCUT2D eigenvalue weighted by Gasteiger charge is -2.29. The van der Waals surface area contributed by atoms with E-state index in [2.05, 4.69) is 29.1 Å². The first-order valence-corrected chi connectivity index (χ1v) is 7.70. The molecule has 1 heterocycles. The molecule has 0 radical (unpaired) electrons. The van der Waals surface area contributed by atoms with E-state index < -0.39 is 0 Å². The summed E-state index contributed by atoms with van der Waals surface area (Å²) in [4.78, 5) is 8.70.